The predicted octanol–water partition coefficient (Wildman–Crippen LogP) is 3.63. The molecule has 0 aliphatic carbocycles. The van der Waals surface area contributed by atoms with Crippen LogP contribution in [0, 0.1) is 35.0 Å². The van der Waals surface area contributed by atoms with Crippen LogP contribution in [0.4, 0.5) is 22.0 Å². The van der Waals surface area contributed by atoms with Gasteiger partial charge in [-0.05, 0) is 25.2 Å². The lowest BCUT2D eigenvalue weighted by Crippen LogP contribution is -2.17. The summed E-state index contributed by atoms with van der Waals surface area (Å²) in [5.41, 5.74) is -1.15. The SMILES string of the molecule is O=C(CCC1CCOCC1)OCc1c(F)c(F)c(F)c(F)c1F. The summed E-state index contributed by atoms with van der Waals surface area (Å²) in [6.07, 6.45) is 2.16. The van der Waals surface area contributed by atoms with Gasteiger partial charge in [-0.1, -0.05) is 0 Å². The highest BCUT2D eigenvalue weighted by atomic mass is 19.2. The molecule has 128 valence electrons. The minimum atomic E-state index is -2.24. The number of hydrogen-bond donors (Lipinski definition) is 0. The zero-order valence-corrected chi connectivity index (χ0v) is 12.1. The van der Waals surface area contributed by atoms with Crippen molar-refractivity contribution in [3.8, 4) is 0 Å². The summed E-state index contributed by atoms with van der Waals surface area (Å²) in [6.45, 7) is 0.229. The van der Waals surface area contributed by atoms with Crippen molar-refractivity contribution in [3.05, 3.63) is 34.6 Å². The predicted molar refractivity (Wildman–Crippen MR) is 68.8 cm³/mol. The van der Waals surface area contributed by atoms with E-state index in [-0.39, 0.29) is 6.42 Å². The molecule has 1 heterocycles. The quantitative estimate of drug-likeness (QED) is 0.356. The van der Waals surface area contributed by atoms with Crippen LogP contribution in [0.1, 0.15) is 31.2 Å². The van der Waals surface area contributed by atoms with Crippen molar-refractivity contribution >= 4 is 5.97 Å². The average molecular weight is 338 g/mol. The molecular formula is C15H15F5O3. The van der Waals surface area contributed by atoms with Gasteiger partial charge >= 0.3 is 5.97 Å². The second-order valence-electron chi connectivity index (χ2n) is 5.30. The monoisotopic (exact) mass is 338 g/mol. The molecule has 2 rings (SSSR count). The van der Waals surface area contributed by atoms with Crippen LogP contribution >= 0.6 is 0 Å². The van der Waals surface area contributed by atoms with Gasteiger partial charge in [0.1, 0.15) is 6.61 Å². The molecule has 23 heavy (non-hydrogen) atoms. The van der Waals surface area contributed by atoms with Gasteiger partial charge in [-0.2, -0.15) is 0 Å². The van der Waals surface area contributed by atoms with E-state index in [4.69, 9.17) is 4.74 Å². The summed E-state index contributed by atoms with van der Waals surface area (Å²) in [6, 6.07) is 0. The lowest BCUT2D eigenvalue weighted by molar-refractivity contribution is -0.145. The highest BCUT2D eigenvalue weighted by Gasteiger charge is 2.26. The van der Waals surface area contributed by atoms with Gasteiger partial charge in [-0.15, -0.1) is 0 Å². The molecule has 8 heteroatoms. The van der Waals surface area contributed by atoms with Crippen LogP contribution in [0.15, 0.2) is 0 Å². The molecule has 0 bridgehead atoms. The Balaban J connectivity index is 1.91. The highest BCUT2D eigenvalue weighted by Crippen LogP contribution is 2.24. The molecule has 1 saturated heterocycles. The third-order valence-corrected chi connectivity index (χ3v) is 3.78. The lowest BCUT2D eigenvalue weighted by atomic mass is 9.95. The van der Waals surface area contributed by atoms with Crippen LogP contribution in [0.2, 0.25) is 0 Å². The Morgan fingerprint density at radius 3 is 2.04 bits per heavy atom. The smallest absolute Gasteiger partial charge is 0.306 e. The maximum Gasteiger partial charge on any atom is 0.306 e. The van der Waals surface area contributed by atoms with E-state index in [1.807, 2.05) is 0 Å². The van der Waals surface area contributed by atoms with Crippen LogP contribution < -0.4 is 0 Å². The van der Waals surface area contributed by atoms with E-state index >= 15 is 0 Å². The molecule has 1 aromatic rings. The van der Waals surface area contributed by atoms with Gasteiger partial charge in [0.25, 0.3) is 0 Å². The molecule has 0 radical (unpaired) electrons. The number of benzene rings is 1. The van der Waals surface area contributed by atoms with Crippen LogP contribution in [0.5, 0.6) is 0 Å². The van der Waals surface area contributed by atoms with E-state index in [1.54, 1.807) is 0 Å². The number of hydrogen-bond acceptors (Lipinski definition) is 3. The minimum Gasteiger partial charge on any atom is -0.461 e. The lowest BCUT2D eigenvalue weighted by Gasteiger charge is -2.21. The molecule has 1 aromatic carbocycles. The summed E-state index contributed by atoms with van der Waals surface area (Å²) in [4.78, 5) is 11.6. The first-order chi connectivity index (χ1) is 10.9. The number of esters is 1. The summed E-state index contributed by atoms with van der Waals surface area (Å²) in [5, 5.41) is 0. The maximum atomic E-state index is 13.4. The molecule has 1 aliphatic rings. The molecule has 0 unspecified atom stereocenters. The van der Waals surface area contributed by atoms with E-state index in [0.717, 1.165) is 12.8 Å². The maximum absolute atomic E-state index is 13.4. The molecule has 0 aromatic heterocycles. The third kappa shape index (κ3) is 4.19. The number of carbonyl (C=O) groups excluding carboxylic acids is 1. The van der Waals surface area contributed by atoms with E-state index in [0.29, 0.717) is 25.6 Å². The van der Waals surface area contributed by atoms with Gasteiger partial charge in [0.05, 0.1) is 5.56 Å². The highest BCUT2D eigenvalue weighted by molar-refractivity contribution is 5.69. The van der Waals surface area contributed by atoms with Crippen LogP contribution in [-0.2, 0) is 20.9 Å². The van der Waals surface area contributed by atoms with Crippen molar-refractivity contribution in [1.29, 1.82) is 0 Å². The summed E-state index contributed by atoms with van der Waals surface area (Å²) < 4.78 is 75.5. The third-order valence-electron chi connectivity index (χ3n) is 3.78. The van der Waals surface area contributed by atoms with E-state index in [2.05, 4.69) is 4.74 Å². The first kappa shape index (κ1) is 17.7. The number of rotatable bonds is 5. The Kier molecular flexibility index (Phi) is 5.92. The normalized spacial score (nSPS) is 15.7. The second kappa shape index (κ2) is 7.72. The van der Waals surface area contributed by atoms with Gasteiger partial charge in [-0.3, -0.25) is 4.79 Å². The zero-order chi connectivity index (χ0) is 17.0. The summed E-state index contributed by atoms with van der Waals surface area (Å²) in [7, 11) is 0. The second-order valence-corrected chi connectivity index (χ2v) is 5.30. The van der Waals surface area contributed by atoms with Gasteiger partial charge < -0.3 is 9.47 Å². The summed E-state index contributed by atoms with van der Waals surface area (Å²) in [5.74, 6) is -10.8. The van der Waals surface area contributed by atoms with Gasteiger partial charge in [-0.25, -0.2) is 22.0 Å². The molecule has 0 amide bonds. The Labute approximate surface area is 129 Å². The standard InChI is InChI=1S/C15H15F5O3/c16-11-9(12(17)14(19)15(20)13(11)18)7-23-10(21)2-1-8-3-5-22-6-4-8/h8H,1-7H2. The zero-order valence-electron chi connectivity index (χ0n) is 12.1. The number of halogens is 5. The van der Waals surface area contributed by atoms with Crippen molar-refractivity contribution in [1.82, 2.24) is 0 Å². The van der Waals surface area contributed by atoms with E-state index < -0.39 is 47.2 Å². The van der Waals surface area contributed by atoms with Gasteiger partial charge in [0.2, 0.25) is 5.82 Å². The minimum absolute atomic E-state index is 0.0140. The number of carbonyl (C=O) groups is 1. The van der Waals surface area contributed by atoms with Gasteiger partial charge in [0, 0.05) is 19.6 Å². The average Bonchev–Trinajstić information content (AvgIpc) is 2.57. The number of ether oxygens (including phenoxy) is 2. The molecule has 1 fully saturated rings. The van der Waals surface area contributed by atoms with Crippen LogP contribution in [0.25, 0.3) is 0 Å². The molecule has 0 N–H and O–H groups in total. The fourth-order valence-corrected chi connectivity index (χ4v) is 2.36. The molecule has 0 saturated carbocycles. The van der Waals surface area contributed by atoms with Crippen molar-refractivity contribution in [2.45, 2.75) is 32.3 Å². The van der Waals surface area contributed by atoms with Crippen LogP contribution in [0.3, 0.4) is 0 Å². The molecule has 1 aliphatic heterocycles. The molecule has 3 nitrogen and oxygen atoms in total. The fourth-order valence-electron chi connectivity index (χ4n) is 2.36. The first-order valence-corrected chi connectivity index (χ1v) is 7.15. The Morgan fingerprint density at radius 2 is 1.48 bits per heavy atom. The van der Waals surface area contributed by atoms with Crippen molar-refractivity contribution < 1.29 is 36.2 Å². The topological polar surface area (TPSA) is 35.5 Å². The van der Waals surface area contributed by atoms with E-state index in [9.17, 15) is 26.7 Å². The largest absolute Gasteiger partial charge is 0.461 e. The molecular weight excluding hydrogens is 323 g/mol. The molecule has 0 atom stereocenters. The van der Waals surface area contributed by atoms with Crippen LogP contribution in [-0.4, -0.2) is 19.2 Å². The van der Waals surface area contributed by atoms with Crippen molar-refractivity contribution in [2.75, 3.05) is 13.2 Å². The van der Waals surface area contributed by atoms with Gasteiger partial charge in [0.15, 0.2) is 23.3 Å². The molecule has 0 spiro atoms. The Bertz CT molecular complexity index is 556. The summed E-state index contributed by atoms with van der Waals surface area (Å²) >= 11 is 0. The first-order valence-electron chi connectivity index (χ1n) is 7.15. The fraction of sp³-hybridized carbons (Fsp3) is 0.533. The van der Waals surface area contributed by atoms with E-state index in [1.165, 1.54) is 0 Å². The Hall–Kier alpha value is -1.70. The van der Waals surface area contributed by atoms with Crippen molar-refractivity contribution in [3.63, 3.8) is 0 Å². The Morgan fingerprint density at radius 1 is 0.957 bits per heavy atom. The van der Waals surface area contributed by atoms with Crippen molar-refractivity contribution in [2.24, 2.45) is 5.92 Å².